The zero-order valence-corrected chi connectivity index (χ0v) is 21.3. The Labute approximate surface area is 207 Å². The Morgan fingerprint density at radius 2 is 1.91 bits per heavy atom. The van der Waals surface area contributed by atoms with Crippen molar-refractivity contribution in [2.45, 2.75) is 39.8 Å². The molecule has 1 aliphatic rings. The number of carbonyl (C=O) groups excluding carboxylic acids is 1. The highest BCUT2D eigenvalue weighted by molar-refractivity contribution is 14.0. The minimum atomic E-state index is 0. The van der Waals surface area contributed by atoms with Gasteiger partial charge in [0.25, 0.3) is 0 Å². The quantitative estimate of drug-likeness (QED) is 0.274. The lowest BCUT2D eigenvalue weighted by atomic mass is 10.1. The fourth-order valence-electron chi connectivity index (χ4n) is 3.57. The highest BCUT2D eigenvalue weighted by atomic mass is 127. The van der Waals surface area contributed by atoms with Crippen molar-refractivity contribution in [1.29, 1.82) is 0 Å². The molecule has 0 radical (unpaired) electrons. The second-order valence-corrected chi connectivity index (χ2v) is 7.31. The third-order valence-electron chi connectivity index (χ3n) is 5.13. The van der Waals surface area contributed by atoms with E-state index in [1.54, 1.807) is 7.11 Å². The minimum absolute atomic E-state index is 0. The van der Waals surface area contributed by atoms with Crippen LogP contribution in [-0.2, 0) is 17.9 Å². The molecule has 32 heavy (non-hydrogen) atoms. The first-order chi connectivity index (χ1) is 15.1. The van der Waals surface area contributed by atoms with E-state index < -0.39 is 0 Å². The Kier molecular flexibility index (Phi) is 10.6. The van der Waals surface area contributed by atoms with E-state index in [1.807, 2.05) is 49.1 Å². The number of halogens is 1. The number of aliphatic imine (C=N–C) groups is 1. The average Bonchev–Trinajstić information content (AvgIpc) is 3.18. The van der Waals surface area contributed by atoms with Crippen molar-refractivity contribution in [1.82, 2.24) is 10.2 Å². The number of methoxy groups -OCH3 is 1. The summed E-state index contributed by atoms with van der Waals surface area (Å²) in [5.74, 6) is 2.30. The highest BCUT2D eigenvalue weighted by Crippen LogP contribution is 2.30. The van der Waals surface area contributed by atoms with E-state index in [-0.39, 0.29) is 29.9 Å². The van der Waals surface area contributed by atoms with E-state index in [0.29, 0.717) is 43.6 Å². The number of likely N-dealkylation sites (tertiary alicyclic amines) is 1. The Morgan fingerprint density at radius 1 is 1.12 bits per heavy atom. The summed E-state index contributed by atoms with van der Waals surface area (Å²) in [6.45, 7) is 7.29. The van der Waals surface area contributed by atoms with E-state index in [1.165, 1.54) is 0 Å². The number of hydrogen-bond acceptors (Lipinski definition) is 4. The van der Waals surface area contributed by atoms with Gasteiger partial charge in [0.2, 0.25) is 5.91 Å². The van der Waals surface area contributed by atoms with Gasteiger partial charge in [-0.25, -0.2) is 4.99 Å². The van der Waals surface area contributed by atoms with Gasteiger partial charge in [0.1, 0.15) is 0 Å². The summed E-state index contributed by atoms with van der Waals surface area (Å²) in [5.41, 5.74) is 3.11. The number of rotatable bonds is 9. The minimum Gasteiger partial charge on any atom is -0.493 e. The van der Waals surface area contributed by atoms with Crippen molar-refractivity contribution in [3.05, 3.63) is 53.6 Å². The van der Waals surface area contributed by atoms with Gasteiger partial charge in [-0.2, -0.15) is 0 Å². The maximum Gasteiger partial charge on any atom is 0.222 e. The molecule has 2 N–H and O–H groups in total. The number of nitrogens with zero attached hydrogens (tertiary/aromatic N) is 2. The molecule has 8 heteroatoms. The number of guanidine groups is 1. The van der Waals surface area contributed by atoms with Crippen molar-refractivity contribution >= 4 is 41.5 Å². The van der Waals surface area contributed by atoms with Crippen molar-refractivity contribution in [3.63, 3.8) is 0 Å². The molecule has 0 saturated carbocycles. The molecule has 0 bridgehead atoms. The van der Waals surface area contributed by atoms with Gasteiger partial charge in [0, 0.05) is 37.8 Å². The van der Waals surface area contributed by atoms with Crippen LogP contribution in [0.25, 0.3) is 0 Å². The summed E-state index contributed by atoms with van der Waals surface area (Å²) < 4.78 is 11.0. The summed E-state index contributed by atoms with van der Waals surface area (Å²) in [5, 5.41) is 6.61. The molecule has 0 unspecified atom stereocenters. The molecule has 0 aliphatic carbocycles. The number of ether oxygens (including phenoxy) is 2. The number of hydrogen-bond donors (Lipinski definition) is 2. The van der Waals surface area contributed by atoms with Crippen molar-refractivity contribution in [2.75, 3.05) is 32.1 Å². The van der Waals surface area contributed by atoms with Crippen LogP contribution in [0.4, 0.5) is 5.69 Å². The van der Waals surface area contributed by atoms with Crippen LogP contribution in [0.1, 0.15) is 37.8 Å². The third-order valence-corrected chi connectivity index (χ3v) is 5.13. The Balaban J connectivity index is 0.00000363. The first-order valence-electron chi connectivity index (χ1n) is 10.8. The molecule has 3 rings (SSSR count). The molecule has 1 amide bonds. The molecule has 0 atom stereocenters. The van der Waals surface area contributed by atoms with E-state index >= 15 is 0 Å². The molecule has 1 heterocycles. The molecule has 1 fully saturated rings. The molecule has 2 aromatic rings. The molecule has 0 aromatic heterocycles. The average molecular weight is 552 g/mol. The molecule has 1 saturated heterocycles. The zero-order chi connectivity index (χ0) is 22.1. The molecular weight excluding hydrogens is 519 g/mol. The summed E-state index contributed by atoms with van der Waals surface area (Å²) >= 11 is 0. The number of carbonyl (C=O) groups is 1. The van der Waals surface area contributed by atoms with Crippen LogP contribution in [0.3, 0.4) is 0 Å². The van der Waals surface area contributed by atoms with Gasteiger partial charge in [-0.05, 0) is 43.5 Å². The van der Waals surface area contributed by atoms with Crippen LogP contribution in [0.2, 0.25) is 0 Å². The van der Waals surface area contributed by atoms with Crippen LogP contribution in [0.15, 0.2) is 47.5 Å². The van der Waals surface area contributed by atoms with Gasteiger partial charge < -0.3 is 25.0 Å². The smallest absolute Gasteiger partial charge is 0.222 e. The summed E-state index contributed by atoms with van der Waals surface area (Å²) in [6, 6.07) is 13.9. The van der Waals surface area contributed by atoms with E-state index in [4.69, 9.17) is 14.5 Å². The van der Waals surface area contributed by atoms with Gasteiger partial charge >= 0.3 is 0 Å². The van der Waals surface area contributed by atoms with Gasteiger partial charge in [0.15, 0.2) is 17.5 Å². The second-order valence-electron chi connectivity index (χ2n) is 7.31. The lowest BCUT2D eigenvalue weighted by Gasteiger charge is -2.18. The van der Waals surface area contributed by atoms with Crippen LogP contribution in [-0.4, -0.2) is 43.6 Å². The van der Waals surface area contributed by atoms with Crippen molar-refractivity contribution in [3.8, 4) is 11.5 Å². The van der Waals surface area contributed by atoms with Gasteiger partial charge in [-0.15, -0.1) is 24.0 Å². The van der Waals surface area contributed by atoms with E-state index in [9.17, 15) is 4.79 Å². The molecule has 1 aliphatic heterocycles. The molecular formula is C24H33IN4O3. The lowest BCUT2D eigenvalue weighted by molar-refractivity contribution is -0.128. The SMILES string of the molecule is CCNC(=NCc1ccccc1CN1CCCC1=O)Nc1ccc(OCC)c(OC)c1.I. The fraction of sp³-hybridized carbons (Fsp3) is 0.417. The monoisotopic (exact) mass is 552 g/mol. The first-order valence-corrected chi connectivity index (χ1v) is 10.8. The predicted molar refractivity (Wildman–Crippen MR) is 139 cm³/mol. The Bertz CT molecular complexity index is 920. The van der Waals surface area contributed by atoms with Gasteiger partial charge in [-0.3, -0.25) is 4.79 Å². The normalized spacial score (nSPS) is 13.5. The third kappa shape index (κ3) is 7.01. The molecule has 2 aromatic carbocycles. The fourth-order valence-corrected chi connectivity index (χ4v) is 3.57. The van der Waals surface area contributed by atoms with Crippen LogP contribution in [0.5, 0.6) is 11.5 Å². The molecule has 0 spiro atoms. The standard InChI is InChI=1S/C24H32N4O3.HI/c1-4-25-24(27-20-12-13-21(31-5-2)22(15-20)30-3)26-16-18-9-6-7-10-19(18)17-28-14-8-11-23(28)29;/h6-7,9-10,12-13,15H,4-5,8,11,14,16-17H2,1-3H3,(H2,25,26,27);1H. The topological polar surface area (TPSA) is 75.2 Å². The van der Waals surface area contributed by atoms with Crippen molar-refractivity contribution in [2.24, 2.45) is 4.99 Å². The maximum atomic E-state index is 12.0. The van der Waals surface area contributed by atoms with Gasteiger partial charge in [0.05, 0.1) is 20.3 Å². The summed E-state index contributed by atoms with van der Waals surface area (Å²) in [6.07, 6.45) is 1.60. The summed E-state index contributed by atoms with van der Waals surface area (Å²) in [7, 11) is 1.63. The maximum absolute atomic E-state index is 12.0. The number of anilines is 1. The predicted octanol–water partition coefficient (Wildman–Crippen LogP) is 4.41. The lowest BCUT2D eigenvalue weighted by Crippen LogP contribution is -2.30. The number of amides is 1. The highest BCUT2D eigenvalue weighted by Gasteiger charge is 2.20. The number of nitrogens with one attached hydrogen (secondary N) is 2. The number of benzene rings is 2. The van der Waals surface area contributed by atoms with Crippen LogP contribution >= 0.6 is 24.0 Å². The Hall–Kier alpha value is -2.49. The summed E-state index contributed by atoms with van der Waals surface area (Å²) in [4.78, 5) is 18.7. The molecule has 174 valence electrons. The van der Waals surface area contributed by atoms with Crippen LogP contribution in [0, 0.1) is 0 Å². The Morgan fingerprint density at radius 3 is 2.56 bits per heavy atom. The van der Waals surface area contributed by atoms with Crippen molar-refractivity contribution < 1.29 is 14.3 Å². The van der Waals surface area contributed by atoms with Gasteiger partial charge in [-0.1, -0.05) is 24.3 Å². The zero-order valence-electron chi connectivity index (χ0n) is 19.0. The van der Waals surface area contributed by atoms with E-state index in [0.717, 1.165) is 36.3 Å². The van der Waals surface area contributed by atoms with E-state index in [2.05, 4.69) is 22.8 Å². The van der Waals surface area contributed by atoms with Crippen LogP contribution < -0.4 is 20.1 Å². The molecule has 7 nitrogen and oxygen atoms in total. The second kappa shape index (κ2) is 13.1. The first kappa shape index (κ1) is 25.8. The largest absolute Gasteiger partial charge is 0.493 e.